The number of hydrogen-bond donors (Lipinski definition) is 1. The van der Waals surface area contributed by atoms with Crippen LogP contribution < -0.4 is 15.1 Å². The summed E-state index contributed by atoms with van der Waals surface area (Å²) in [7, 11) is 0. The molecule has 200 valence electrons. The highest BCUT2D eigenvalue weighted by Gasteiger charge is 2.36. The van der Waals surface area contributed by atoms with Crippen LogP contribution in [0.15, 0.2) is 71.3 Å². The van der Waals surface area contributed by atoms with E-state index < -0.39 is 6.04 Å². The summed E-state index contributed by atoms with van der Waals surface area (Å²) in [6.07, 6.45) is 5.62. The number of morpholine rings is 1. The van der Waals surface area contributed by atoms with E-state index in [0.717, 1.165) is 50.0 Å². The molecule has 0 unspecified atom stereocenters. The minimum Gasteiger partial charge on any atom is -0.459 e. The Kier molecular flexibility index (Phi) is 8.13. The smallest absolute Gasteiger partial charge is 0.294 e. The minimum absolute atomic E-state index is 0.126. The number of benzene rings is 2. The van der Waals surface area contributed by atoms with Crippen molar-refractivity contribution >= 4 is 23.2 Å². The van der Waals surface area contributed by atoms with Gasteiger partial charge in [-0.1, -0.05) is 51.0 Å². The Morgan fingerprint density at radius 3 is 2.18 bits per heavy atom. The molecule has 7 nitrogen and oxygen atoms in total. The molecule has 0 spiro atoms. The van der Waals surface area contributed by atoms with Crippen molar-refractivity contribution in [3.05, 3.63) is 83.8 Å². The highest BCUT2D eigenvalue weighted by Crippen LogP contribution is 2.33. The van der Waals surface area contributed by atoms with E-state index in [1.165, 1.54) is 11.8 Å². The molecule has 1 saturated carbocycles. The zero-order valence-electron chi connectivity index (χ0n) is 22.3. The molecule has 0 bridgehead atoms. The van der Waals surface area contributed by atoms with Gasteiger partial charge in [-0.05, 0) is 66.3 Å². The third kappa shape index (κ3) is 5.78. The van der Waals surface area contributed by atoms with Crippen molar-refractivity contribution in [3.8, 4) is 0 Å². The van der Waals surface area contributed by atoms with Crippen molar-refractivity contribution in [1.82, 2.24) is 5.32 Å². The number of nitrogens with zero attached hydrogens (tertiary/aromatic N) is 2. The molecule has 5 rings (SSSR count). The second-order valence-electron chi connectivity index (χ2n) is 10.5. The number of furan rings is 1. The summed E-state index contributed by atoms with van der Waals surface area (Å²) in [5.74, 6) is 0.0222. The summed E-state index contributed by atoms with van der Waals surface area (Å²) in [4.78, 5) is 31.8. The van der Waals surface area contributed by atoms with Crippen LogP contribution in [0.2, 0.25) is 0 Å². The standard InChI is InChI=1S/C31H37N3O4/c1-22(2)23-9-15-27(16-10-23)34(31(36)28-8-5-19-38-28)29(30(35)32-25-6-3-4-7-25)24-11-13-26(14-12-24)33-17-20-37-21-18-33/h5,8-16,19,22,25,29H,3-4,6-7,17-18,20-21H2,1-2H3,(H,32,35)/t29-/m1/s1. The fraction of sp³-hybridized carbons (Fsp3) is 0.419. The zero-order chi connectivity index (χ0) is 26.5. The van der Waals surface area contributed by atoms with Crippen LogP contribution >= 0.6 is 0 Å². The molecule has 2 fully saturated rings. The number of hydrogen-bond acceptors (Lipinski definition) is 5. The first-order chi connectivity index (χ1) is 18.5. The quantitative estimate of drug-likeness (QED) is 0.417. The van der Waals surface area contributed by atoms with Gasteiger partial charge >= 0.3 is 0 Å². The maximum absolute atomic E-state index is 14.0. The molecular formula is C31H37N3O4. The van der Waals surface area contributed by atoms with Gasteiger partial charge in [-0.3, -0.25) is 14.5 Å². The second-order valence-corrected chi connectivity index (χ2v) is 10.5. The molecule has 2 heterocycles. The third-order valence-corrected chi connectivity index (χ3v) is 7.58. The van der Waals surface area contributed by atoms with Gasteiger partial charge in [0.1, 0.15) is 6.04 Å². The number of anilines is 2. The van der Waals surface area contributed by atoms with Crippen molar-refractivity contribution in [2.24, 2.45) is 0 Å². The molecule has 3 aromatic rings. The van der Waals surface area contributed by atoms with Gasteiger partial charge in [0.2, 0.25) is 5.91 Å². The Bertz CT molecular complexity index is 1190. The summed E-state index contributed by atoms with van der Waals surface area (Å²) < 4.78 is 11.0. The Morgan fingerprint density at radius 1 is 0.921 bits per heavy atom. The lowest BCUT2D eigenvalue weighted by Gasteiger charge is -2.33. The van der Waals surface area contributed by atoms with Crippen molar-refractivity contribution in [2.45, 2.75) is 57.5 Å². The minimum atomic E-state index is -0.850. The highest BCUT2D eigenvalue weighted by atomic mass is 16.5. The molecule has 1 N–H and O–H groups in total. The molecular weight excluding hydrogens is 478 g/mol. The highest BCUT2D eigenvalue weighted by molar-refractivity contribution is 6.08. The lowest BCUT2D eigenvalue weighted by Crippen LogP contribution is -2.46. The molecule has 1 saturated heterocycles. The van der Waals surface area contributed by atoms with Crippen LogP contribution in [0.5, 0.6) is 0 Å². The van der Waals surface area contributed by atoms with Crippen LogP contribution in [0.25, 0.3) is 0 Å². The van der Waals surface area contributed by atoms with Crippen molar-refractivity contribution in [3.63, 3.8) is 0 Å². The Labute approximate surface area is 224 Å². The molecule has 1 aliphatic heterocycles. The SMILES string of the molecule is CC(C)c1ccc(N(C(=O)c2ccco2)[C@@H](C(=O)NC2CCCC2)c2ccc(N3CCOCC3)cc2)cc1. The number of amides is 2. The summed E-state index contributed by atoms with van der Waals surface area (Å²) in [6.45, 7) is 7.33. The number of ether oxygens (including phenoxy) is 1. The van der Waals surface area contributed by atoms with Gasteiger partial charge in [-0.25, -0.2) is 0 Å². The van der Waals surface area contributed by atoms with E-state index in [0.29, 0.717) is 24.8 Å². The van der Waals surface area contributed by atoms with E-state index in [9.17, 15) is 9.59 Å². The fourth-order valence-corrected chi connectivity index (χ4v) is 5.38. The van der Waals surface area contributed by atoms with Crippen molar-refractivity contribution in [1.29, 1.82) is 0 Å². The first kappa shape index (κ1) is 26.0. The largest absolute Gasteiger partial charge is 0.459 e. The van der Waals surface area contributed by atoms with Gasteiger partial charge in [0.05, 0.1) is 19.5 Å². The van der Waals surface area contributed by atoms with Crippen LogP contribution in [-0.2, 0) is 9.53 Å². The summed E-state index contributed by atoms with van der Waals surface area (Å²) >= 11 is 0. The lowest BCUT2D eigenvalue weighted by molar-refractivity contribution is -0.123. The number of rotatable bonds is 8. The van der Waals surface area contributed by atoms with Gasteiger partial charge in [0.15, 0.2) is 5.76 Å². The van der Waals surface area contributed by atoms with E-state index in [2.05, 4.69) is 24.1 Å². The number of carbonyl (C=O) groups is 2. The average molecular weight is 516 g/mol. The molecule has 38 heavy (non-hydrogen) atoms. The first-order valence-corrected chi connectivity index (χ1v) is 13.7. The predicted molar refractivity (Wildman–Crippen MR) is 149 cm³/mol. The molecule has 7 heteroatoms. The third-order valence-electron chi connectivity index (χ3n) is 7.58. The number of carbonyl (C=O) groups excluding carboxylic acids is 2. The maximum atomic E-state index is 14.0. The predicted octanol–water partition coefficient (Wildman–Crippen LogP) is 5.69. The Balaban J connectivity index is 1.55. The molecule has 1 aromatic heterocycles. The van der Waals surface area contributed by atoms with Gasteiger partial charge in [0.25, 0.3) is 5.91 Å². The van der Waals surface area contributed by atoms with E-state index in [-0.39, 0.29) is 23.6 Å². The molecule has 0 radical (unpaired) electrons. The molecule has 1 aliphatic carbocycles. The van der Waals surface area contributed by atoms with Crippen LogP contribution in [-0.4, -0.2) is 44.2 Å². The van der Waals surface area contributed by atoms with Crippen molar-refractivity contribution < 1.29 is 18.7 Å². The average Bonchev–Trinajstić information content (AvgIpc) is 3.67. The fourth-order valence-electron chi connectivity index (χ4n) is 5.38. The monoisotopic (exact) mass is 515 g/mol. The van der Waals surface area contributed by atoms with Crippen molar-refractivity contribution in [2.75, 3.05) is 36.1 Å². The first-order valence-electron chi connectivity index (χ1n) is 13.7. The van der Waals surface area contributed by atoms with Gasteiger partial charge in [-0.15, -0.1) is 0 Å². The molecule has 2 aromatic carbocycles. The van der Waals surface area contributed by atoms with E-state index >= 15 is 0 Å². The molecule has 1 atom stereocenters. The lowest BCUT2D eigenvalue weighted by atomic mass is 9.99. The maximum Gasteiger partial charge on any atom is 0.294 e. The zero-order valence-corrected chi connectivity index (χ0v) is 22.3. The summed E-state index contributed by atoms with van der Waals surface area (Å²) in [5, 5.41) is 3.25. The topological polar surface area (TPSA) is 75.0 Å². The van der Waals surface area contributed by atoms with E-state index in [1.54, 1.807) is 17.0 Å². The summed E-state index contributed by atoms with van der Waals surface area (Å²) in [6, 6.07) is 18.5. The molecule has 2 aliphatic rings. The van der Waals surface area contributed by atoms with E-state index in [1.807, 2.05) is 48.5 Å². The van der Waals surface area contributed by atoms with Gasteiger partial charge in [0, 0.05) is 30.5 Å². The Hall–Kier alpha value is -3.58. The molecule has 2 amide bonds. The summed E-state index contributed by atoms with van der Waals surface area (Å²) in [5.41, 5.74) is 3.66. The van der Waals surface area contributed by atoms with E-state index in [4.69, 9.17) is 9.15 Å². The second kappa shape index (κ2) is 11.9. The van der Waals surface area contributed by atoms with Crippen LogP contribution in [0.3, 0.4) is 0 Å². The number of nitrogens with one attached hydrogen (secondary N) is 1. The van der Waals surface area contributed by atoms with Gasteiger partial charge in [-0.2, -0.15) is 0 Å². The van der Waals surface area contributed by atoms with Gasteiger partial charge < -0.3 is 19.4 Å². The Morgan fingerprint density at radius 2 is 1.58 bits per heavy atom. The van der Waals surface area contributed by atoms with Crippen LogP contribution in [0.1, 0.15) is 73.2 Å². The normalized spacial score (nSPS) is 17.0. The van der Waals surface area contributed by atoms with Crippen LogP contribution in [0.4, 0.5) is 11.4 Å². The van der Waals surface area contributed by atoms with Crippen LogP contribution in [0, 0.1) is 0 Å².